The summed E-state index contributed by atoms with van der Waals surface area (Å²) in [4.78, 5) is 50.7. The third-order valence-corrected chi connectivity index (χ3v) is 7.61. The molecule has 2 aliphatic rings. The van der Waals surface area contributed by atoms with E-state index in [2.05, 4.69) is 25.7 Å². The highest BCUT2D eigenvalue weighted by atomic mass is 32.1. The number of likely N-dealkylation sites (N-methyl/N-ethyl adjacent to an activating group) is 1. The van der Waals surface area contributed by atoms with E-state index in [0.717, 1.165) is 27.0 Å². The summed E-state index contributed by atoms with van der Waals surface area (Å²) in [6, 6.07) is 7.01. The maximum Gasteiger partial charge on any atom is 0.261 e. The van der Waals surface area contributed by atoms with Gasteiger partial charge < -0.3 is 25.2 Å². The lowest BCUT2D eigenvalue weighted by Crippen LogP contribution is -2.63. The van der Waals surface area contributed by atoms with Crippen molar-refractivity contribution in [1.29, 1.82) is 0 Å². The normalized spacial score (nSPS) is 17.8. The number of nitrogens with one attached hydrogen (secondary N) is 3. The van der Waals surface area contributed by atoms with E-state index in [4.69, 9.17) is 14.7 Å². The van der Waals surface area contributed by atoms with Crippen LogP contribution in [0.2, 0.25) is 0 Å². The molecule has 12 nitrogen and oxygen atoms in total. The fourth-order valence-electron chi connectivity index (χ4n) is 4.50. The van der Waals surface area contributed by atoms with E-state index in [1.165, 1.54) is 16.2 Å². The molecule has 4 aromatic rings. The minimum atomic E-state index is -0.525. The number of carbonyl (C=O) groups is 3. The van der Waals surface area contributed by atoms with Gasteiger partial charge in [-0.15, -0.1) is 11.3 Å². The lowest BCUT2D eigenvalue weighted by atomic mass is 10.1. The van der Waals surface area contributed by atoms with Crippen LogP contribution in [0.25, 0.3) is 32.5 Å². The second-order valence-corrected chi connectivity index (χ2v) is 10.0. The molecule has 5 heterocycles. The van der Waals surface area contributed by atoms with Crippen LogP contribution in [0.1, 0.15) is 9.67 Å². The lowest BCUT2D eigenvalue weighted by Gasteiger charge is -2.35. The van der Waals surface area contributed by atoms with E-state index < -0.39 is 11.9 Å². The number of fused-ring (bicyclic) bond motifs is 2. The van der Waals surface area contributed by atoms with Crippen molar-refractivity contribution < 1.29 is 19.1 Å². The number of rotatable bonds is 6. The molecule has 1 aromatic carbocycles. The van der Waals surface area contributed by atoms with Crippen LogP contribution in [-0.2, 0) is 14.3 Å². The molecule has 2 saturated heterocycles. The zero-order valence-corrected chi connectivity index (χ0v) is 20.8. The predicted octanol–water partition coefficient (Wildman–Crippen LogP) is 0.758. The molecule has 3 N–H and O–H groups in total. The summed E-state index contributed by atoms with van der Waals surface area (Å²) in [7, 11) is 1.67. The molecular formula is C24H24N8O4S. The zero-order valence-electron chi connectivity index (χ0n) is 20.0. The number of nitrogens with zero attached hydrogens (tertiary/aromatic N) is 5. The Kier molecular flexibility index (Phi) is 5.93. The number of ether oxygens (including phenoxy) is 1. The number of carbonyl (C=O) groups excluding carboxylic acids is 3. The molecule has 1 atom stereocenters. The fourth-order valence-corrected chi connectivity index (χ4v) is 5.53. The number of anilines is 1. The molecule has 0 radical (unpaired) electrons. The van der Waals surface area contributed by atoms with Crippen molar-refractivity contribution in [1.82, 2.24) is 35.7 Å². The first-order valence-electron chi connectivity index (χ1n) is 11.9. The van der Waals surface area contributed by atoms with E-state index >= 15 is 0 Å². The van der Waals surface area contributed by atoms with Gasteiger partial charge >= 0.3 is 0 Å². The molecule has 1 unspecified atom stereocenters. The highest BCUT2D eigenvalue weighted by molar-refractivity contribution is 7.21. The minimum absolute atomic E-state index is 0.139. The molecule has 37 heavy (non-hydrogen) atoms. The molecule has 6 rings (SSSR count). The van der Waals surface area contributed by atoms with Crippen molar-refractivity contribution >= 4 is 56.0 Å². The lowest BCUT2D eigenvalue weighted by molar-refractivity contribution is -0.144. The van der Waals surface area contributed by atoms with E-state index in [-0.39, 0.29) is 18.4 Å². The van der Waals surface area contributed by atoms with Gasteiger partial charge in [0.15, 0.2) is 11.6 Å². The first kappa shape index (κ1) is 23.3. The van der Waals surface area contributed by atoms with Gasteiger partial charge in [-0.25, -0.2) is 9.97 Å². The van der Waals surface area contributed by atoms with E-state index in [1.807, 2.05) is 18.2 Å². The fraction of sp³-hybridized carbons (Fsp3) is 0.333. The molecule has 0 saturated carbocycles. The smallest absolute Gasteiger partial charge is 0.261 e. The highest BCUT2D eigenvalue weighted by Gasteiger charge is 2.34. The van der Waals surface area contributed by atoms with Crippen LogP contribution in [0.15, 0.2) is 30.5 Å². The van der Waals surface area contributed by atoms with Crippen molar-refractivity contribution in [3.8, 4) is 11.4 Å². The summed E-state index contributed by atoms with van der Waals surface area (Å²) in [5, 5.41) is 13.3. The quantitative estimate of drug-likeness (QED) is 0.316. The molecule has 0 spiro atoms. The maximum atomic E-state index is 12.9. The number of H-pyrrole nitrogens is 1. The standard InChI is InChI=1S/C24H24N8O4S/c1-31-12-17(24(31)35)27-19(33)11-25-23(34)18-9-16-20(37-18)22(32-5-7-36-8-6-32)29-21(28-16)13-3-2-4-15-14(13)10-26-30-15/h2-4,9-10,17H,5-8,11-12H2,1H3,(H,25,34)(H,26,30)(H,27,33). The Bertz CT molecular complexity index is 1530. The second-order valence-electron chi connectivity index (χ2n) is 8.95. The second kappa shape index (κ2) is 9.41. The van der Waals surface area contributed by atoms with Gasteiger partial charge in [-0.1, -0.05) is 12.1 Å². The van der Waals surface area contributed by atoms with Crippen LogP contribution in [0, 0.1) is 0 Å². The number of likely N-dealkylation sites (tertiary alicyclic amines) is 1. The van der Waals surface area contributed by atoms with Crippen LogP contribution >= 0.6 is 11.3 Å². The van der Waals surface area contributed by atoms with Crippen molar-refractivity contribution in [3.05, 3.63) is 35.3 Å². The Morgan fingerprint density at radius 1 is 1.24 bits per heavy atom. The third kappa shape index (κ3) is 4.36. The Hall–Kier alpha value is -4.10. The molecular weight excluding hydrogens is 496 g/mol. The monoisotopic (exact) mass is 520 g/mol. The van der Waals surface area contributed by atoms with Gasteiger partial charge in [0.05, 0.1) is 46.6 Å². The summed E-state index contributed by atoms with van der Waals surface area (Å²) in [5.41, 5.74) is 2.37. The number of β-lactam (4-membered cyclic amide) rings is 1. The molecule has 0 aliphatic carbocycles. The maximum absolute atomic E-state index is 12.9. The summed E-state index contributed by atoms with van der Waals surface area (Å²) in [6.45, 7) is 2.77. The zero-order chi connectivity index (χ0) is 25.5. The van der Waals surface area contributed by atoms with E-state index in [0.29, 0.717) is 49.1 Å². The number of benzene rings is 1. The predicted molar refractivity (Wildman–Crippen MR) is 137 cm³/mol. The minimum Gasteiger partial charge on any atom is -0.378 e. The van der Waals surface area contributed by atoms with Crippen LogP contribution in [-0.4, -0.2) is 95.3 Å². The first-order chi connectivity index (χ1) is 18.0. The topological polar surface area (TPSA) is 145 Å². The number of aromatic nitrogens is 4. The Labute approximate surface area is 215 Å². The van der Waals surface area contributed by atoms with Crippen LogP contribution in [0.4, 0.5) is 5.82 Å². The van der Waals surface area contributed by atoms with Crippen molar-refractivity contribution in [2.75, 3.05) is 51.3 Å². The van der Waals surface area contributed by atoms with Gasteiger partial charge in [0, 0.05) is 37.6 Å². The molecule has 0 bridgehead atoms. The molecule has 2 fully saturated rings. The van der Waals surface area contributed by atoms with E-state index in [9.17, 15) is 14.4 Å². The number of thiophene rings is 1. The van der Waals surface area contributed by atoms with Crippen molar-refractivity contribution in [2.24, 2.45) is 0 Å². The Morgan fingerprint density at radius 2 is 2.08 bits per heavy atom. The van der Waals surface area contributed by atoms with Crippen molar-refractivity contribution in [2.45, 2.75) is 6.04 Å². The molecule has 2 aliphatic heterocycles. The highest BCUT2D eigenvalue weighted by Crippen LogP contribution is 2.35. The largest absolute Gasteiger partial charge is 0.378 e. The number of morpholine rings is 1. The van der Waals surface area contributed by atoms with Crippen LogP contribution in [0.5, 0.6) is 0 Å². The van der Waals surface area contributed by atoms with Gasteiger partial charge in [-0.05, 0) is 12.1 Å². The summed E-state index contributed by atoms with van der Waals surface area (Å²) in [6.07, 6.45) is 1.75. The molecule has 190 valence electrons. The van der Waals surface area contributed by atoms with Crippen LogP contribution in [0.3, 0.4) is 0 Å². The average molecular weight is 521 g/mol. The Balaban J connectivity index is 1.29. The first-order valence-corrected chi connectivity index (χ1v) is 12.7. The number of amides is 3. The summed E-state index contributed by atoms with van der Waals surface area (Å²) < 4.78 is 6.32. The van der Waals surface area contributed by atoms with Crippen molar-refractivity contribution in [3.63, 3.8) is 0 Å². The van der Waals surface area contributed by atoms with E-state index in [1.54, 1.807) is 19.3 Å². The van der Waals surface area contributed by atoms with Gasteiger partial charge in [-0.2, -0.15) is 5.10 Å². The summed E-state index contributed by atoms with van der Waals surface area (Å²) in [5.74, 6) is 0.352. The van der Waals surface area contributed by atoms with Crippen LogP contribution < -0.4 is 15.5 Å². The average Bonchev–Trinajstić information content (AvgIpc) is 3.58. The number of aromatic amines is 1. The molecule has 3 aromatic heterocycles. The summed E-state index contributed by atoms with van der Waals surface area (Å²) >= 11 is 1.29. The number of hydrogen-bond acceptors (Lipinski definition) is 9. The molecule has 3 amide bonds. The number of hydrogen-bond donors (Lipinski definition) is 3. The van der Waals surface area contributed by atoms with Gasteiger partial charge in [0.2, 0.25) is 11.8 Å². The SMILES string of the molecule is CN1CC(NC(=O)CNC(=O)c2cc3nc(-c4cccc5[nH]ncc45)nc(N4CCOCC4)c3s2)C1=O. The van der Waals surface area contributed by atoms with Gasteiger partial charge in [0.1, 0.15) is 6.04 Å². The van der Waals surface area contributed by atoms with Gasteiger partial charge in [-0.3, -0.25) is 19.5 Å². The third-order valence-electron chi connectivity index (χ3n) is 6.49. The van der Waals surface area contributed by atoms with Gasteiger partial charge in [0.25, 0.3) is 5.91 Å². The molecule has 13 heteroatoms. The Morgan fingerprint density at radius 3 is 2.86 bits per heavy atom.